The van der Waals surface area contributed by atoms with Crippen LogP contribution in [0.3, 0.4) is 0 Å². The highest BCUT2D eigenvalue weighted by Crippen LogP contribution is 2.25. The predicted molar refractivity (Wildman–Crippen MR) is 71.1 cm³/mol. The van der Waals surface area contributed by atoms with Gasteiger partial charge in [0.2, 0.25) is 5.91 Å². The highest BCUT2D eigenvalue weighted by Gasteiger charge is 2.21. The molecular formula is C13H26N2O3. The molecule has 0 bridgehead atoms. The highest BCUT2D eigenvalue weighted by molar-refractivity contribution is 5.81. The lowest BCUT2D eigenvalue weighted by atomic mass is 9.84. The van der Waals surface area contributed by atoms with Crippen molar-refractivity contribution < 1.29 is 14.7 Å². The Balaban J connectivity index is 3.95. The van der Waals surface area contributed by atoms with Gasteiger partial charge in [0.1, 0.15) is 0 Å². The van der Waals surface area contributed by atoms with Crippen LogP contribution in [0.4, 0.5) is 0 Å². The summed E-state index contributed by atoms with van der Waals surface area (Å²) < 4.78 is 0. The van der Waals surface area contributed by atoms with Gasteiger partial charge >= 0.3 is 5.97 Å². The largest absolute Gasteiger partial charge is 0.481 e. The summed E-state index contributed by atoms with van der Waals surface area (Å²) in [6.45, 7) is 8.35. The monoisotopic (exact) mass is 258 g/mol. The molecule has 106 valence electrons. The number of carbonyl (C=O) groups excluding carboxylic acids is 1. The van der Waals surface area contributed by atoms with Crippen LogP contribution < -0.4 is 11.1 Å². The molecule has 0 rings (SSSR count). The normalized spacial score (nSPS) is 13.4. The number of carbonyl (C=O) groups is 2. The molecule has 18 heavy (non-hydrogen) atoms. The smallest absolute Gasteiger partial charge is 0.303 e. The maximum atomic E-state index is 11.6. The lowest BCUT2D eigenvalue weighted by Crippen LogP contribution is -2.44. The summed E-state index contributed by atoms with van der Waals surface area (Å²) in [5.41, 5.74) is 5.63. The lowest BCUT2D eigenvalue weighted by molar-refractivity contribution is -0.137. The van der Waals surface area contributed by atoms with E-state index in [2.05, 4.69) is 5.32 Å². The Labute approximate surface area is 109 Å². The predicted octanol–water partition coefficient (Wildman–Crippen LogP) is 1.37. The maximum absolute atomic E-state index is 11.6. The van der Waals surface area contributed by atoms with Gasteiger partial charge in [0.15, 0.2) is 0 Å². The van der Waals surface area contributed by atoms with Crippen LogP contribution in [0.25, 0.3) is 0 Å². The van der Waals surface area contributed by atoms with E-state index in [9.17, 15) is 9.59 Å². The molecule has 0 aromatic rings. The van der Waals surface area contributed by atoms with E-state index in [0.717, 1.165) is 6.42 Å². The SMILES string of the molecule is CC(C)[C@@H](N)C(=O)NCCC(C)(C)CCC(=O)O. The zero-order chi connectivity index (χ0) is 14.3. The van der Waals surface area contributed by atoms with E-state index in [1.807, 2.05) is 27.7 Å². The molecule has 0 radical (unpaired) electrons. The number of aliphatic carboxylic acids is 1. The number of hydrogen-bond donors (Lipinski definition) is 3. The van der Waals surface area contributed by atoms with Crippen LogP contribution in [0.1, 0.15) is 47.0 Å². The van der Waals surface area contributed by atoms with Crippen LogP contribution in [-0.2, 0) is 9.59 Å². The Hall–Kier alpha value is -1.10. The lowest BCUT2D eigenvalue weighted by Gasteiger charge is -2.24. The number of carboxylic acid groups (broad SMARTS) is 1. The Morgan fingerprint density at radius 2 is 1.83 bits per heavy atom. The van der Waals surface area contributed by atoms with E-state index in [1.165, 1.54) is 0 Å². The first kappa shape index (κ1) is 16.9. The highest BCUT2D eigenvalue weighted by atomic mass is 16.4. The number of nitrogens with two attached hydrogens (primary N) is 1. The third kappa shape index (κ3) is 7.27. The van der Waals surface area contributed by atoms with Crippen molar-refractivity contribution in [1.82, 2.24) is 5.32 Å². The first-order valence-corrected chi connectivity index (χ1v) is 6.41. The fourth-order valence-corrected chi connectivity index (χ4v) is 1.52. The minimum absolute atomic E-state index is 0.0897. The second-order valence-electron chi connectivity index (χ2n) is 5.87. The molecule has 1 amide bonds. The minimum atomic E-state index is -0.783. The summed E-state index contributed by atoms with van der Waals surface area (Å²) >= 11 is 0. The summed E-state index contributed by atoms with van der Waals surface area (Å²) in [6, 6.07) is -0.480. The van der Waals surface area contributed by atoms with E-state index in [0.29, 0.717) is 13.0 Å². The van der Waals surface area contributed by atoms with Crippen LogP contribution in [0.2, 0.25) is 0 Å². The van der Waals surface area contributed by atoms with Crippen molar-refractivity contribution in [3.8, 4) is 0 Å². The van der Waals surface area contributed by atoms with Crippen molar-refractivity contribution in [2.24, 2.45) is 17.1 Å². The Bertz CT molecular complexity index is 288. The van der Waals surface area contributed by atoms with Crippen molar-refractivity contribution in [3.05, 3.63) is 0 Å². The van der Waals surface area contributed by atoms with Gasteiger partial charge in [-0.25, -0.2) is 0 Å². The van der Waals surface area contributed by atoms with Gasteiger partial charge in [0.25, 0.3) is 0 Å². The average Bonchev–Trinajstić information content (AvgIpc) is 2.25. The summed E-state index contributed by atoms with van der Waals surface area (Å²) in [4.78, 5) is 22.1. The van der Waals surface area contributed by atoms with Crippen LogP contribution in [-0.4, -0.2) is 29.6 Å². The minimum Gasteiger partial charge on any atom is -0.481 e. The van der Waals surface area contributed by atoms with Crippen molar-refractivity contribution in [3.63, 3.8) is 0 Å². The molecule has 0 heterocycles. The molecule has 0 aliphatic heterocycles. The molecule has 4 N–H and O–H groups in total. The zero-order valence-corrected chi connectivity index (χ0v) is 11.8. The fourth-order valence-electron chi connectivity index (χ4n) is 1.52. The van der Waals surface area contributed by atoms with E-state index in [1.54, 1.807) is 0 Å². The van der Waals surface area contributed by atoms with Crippen molar-refractivity contribution in [1.29, 1.82) is 0 Å². The number of carboxylic acids is 1. The molecule has 0 saturated carbocycles. The standard InChI is InChI=1S/C13H26N2O3/c1-9(2)11(14)12(18)15-8-7-13(3,4)6-5-10(16)17/h9,11H,5-8,14H2,1-4H3,(H,15,18)(H,16,17)/t11-/m1/s1. The van der Waals surface area contributed by atoms with Gasteiger partial charge in [-0.2, -0.15) is 0 Å². The van der Waals surface area contributed by atoms with Gasteiger partial charge in [-0.1, -0.05) is 27.7 Å². The van der Waals surface area contributed by atoms with Gasteiger partial charge in [-0.3, -0.25) is 9.59 Å². The molecule has 5 nitrogen and oxygen atoms in total. The van der Waals surface area contributed by atoms with Gasteiger partial charge in [-0.15, -0.1) is 0 Å². The number of rotatable bonds is 8. The Morgan fingerprint density at radius 3 is 2.28 bits per heavy atom. The number of amides is 1. The van der Waals surface area contributed by atoms with E-state index in [-0.39, 0.29) is 23.7 Å². The van der Waals surface area contributed by atoms with Gasteiger partial charge in [0.05, 0.1) is 6.04 Å². The maximum Gasteiger partial charge on any atom is 0.303 e. The molecular weight excluding hydrogens is 232 g/mol. The molecule has 0 aliphatic carbocycles. The molecule has 0 aliphatic rings. The molecule has 0 spiro atoms. The number of nitrogens with one attached hydrogen (secondary N) is 1. The summed E-state index contributed by atoms with van der Waals surface area (Å²) in [5, 5.41) is 11.4. The Morgan fingerprint density at radius 1 is 1.28 bits per heavy atom. The summed E-state index contributed by atoms with van der Waals surface area (Å²) in [6.07, 6.45) is 1.51. The topological polar surface area (TPSA) is 92.4 Å². The van der Waals surface area contributed by atoms with E-state index >= 15 is 0 Å². The van der Waals surface area contributed by atoms with Crippen LogP contribution in [0, 0.1) is 11.3 Å². The van der Waals surface area contributed by atoms with Crippen molar-refractivity contribution >= 4 is 11.9 Å². The second kappa shape index (κ2) is 7.36. The third-order valence-electron chi connectivity index (χ3n) is 3.14. The number of hydrogen-bond acceptors (Lipinski definition) is 3. The van der Waals surface area contributed by atoms with Gasteiger partial charge < -0.3 is 16.2 Å². The first-order valence-electron chi connectivity index (χ1n) is 6.41. The fraction of sp³-hybridized carbons (Fsp3) is 0.846. The van der Waals surface area contributed by atoms with Crippen LogP contribution in [0.15, 0.2) is 0 Å². The zero-order valence-electron chi connectivity index (χ0n) is 11.8. The Kier molecular flexibility index (Phi) is 6.91. The average molecular weight is 258 g/mol. The summed E-state index contributed by atoms with van der Waals surface area (Å²) in [7, 11) is 0. The van der Waals surface area contributed by atoms with Crippen LogP contribution >= 0.6 is 0 Å². The molecule has 0 aromatic heterocycles. The molecule has 0 aromatic carbocycles. The second-order valence-corrected chi connectivity index (χ2v) is 5.87. The molecule has 0 unspecified atom stereocenters. The van der Waals surface area contributed by atoms with E-state index in [4.69, 9.17) is 10.8 Å². The molecule has 0 fully saturated rings. The quantitative estimate of drug-likeness (QED) is 0.613. The van der Waals surface area contributed by atoms with E-state index < -0.39 is 12.0 Å². The molecule has 1 atom stereocenters. The van der Waals surface area contributed by atoms with Crippen LogP contribution in [0.5, 0.6) is 0 Å². The van der Waals surface area contributed by atoms with Gasteiger partial charge in [0, 0.05) is 13.0 Å². The third-order valence-corrected chi connectivity index (χ3v) is 3.14. The first-order chi connectivity index (χ1) is 8.15. The molecule has 5 heteroatoms. The van der Waals surface area contributed by atoms with Gasteiger partial charge in [-0.05, 0) is 24.2 Å². The molecule has 0 saturated heterocycles. The van der Waals surface area contributed by atoms with Crippen molar-refractivity contribution in [2.45, 2.75) is 53.0 Å². The van der Waals surface area contributed by atoms with Crippen molar-refractivity contribution in [2.75, 3.05) is 6.54 Å². The summed E-state index contributed by atoms with van der Waals surface area (Å²) in [5.74, 6) is -0.807.